The normalized spacial score (nSPS) is 10.5. The molecule has 0 bridgehead atoms. The van der Waals surface area contributed by atoms with E-state index in [4.69, 9.17) is 17.3 Å². The molecule has 4 nitrogen and oxygen atoms in total. The van der Waals surface area contributed by atoms with E-state index >= 15 is 0 Å². The van der Waals surface area contributed by atoms with E-state index in [2.05, 4.69) is 27.9 Å². The van der Waals surface area contributed by atoms with Crippen LogP contribution in [0.1, 0.15) is 18.1 Å². The Balaban J connectivity index is 2.27. The van der Waals surface area contributed by atoms with Crippen LogP contribution in [0.15, 0.2) is 36.8 Å². The fourth-order valence-corrected chi connectivity index (χ4v) is 2.22. The van der Waals surface area contributed by atoms with Gasteiger partial charge in [-0.15, -0.1) is 0 Å². The van der Waals surface area contributed by atoms with Crippen LogP contribution in [-0.4, -0.2) is 16.5 Å². The zero-order chi connectivity index (χ0) is 13.7. The van der Waals surface area contributed by atoms with Gasteiger partial charge in [-0.2, -0.15) is 0 Å². The van der Waals surface area contributed by atoms with Crippen molar-refractivity contribution in [1.82, 2.24) is 9.97 Å². The summed E-state index contributed by atoms with van der Waals surface area (Å²) < 4.78 is 0. The summed E-state index contributed by atoms with van der Waals surface area (Å²) in [6, 6.07) is 8.15. The third-order valence-electron chi connectivity index (χ3n) is 3.03. The highest BCUT2D eigenvalue weighted by atomic mass is 35.5. The summed E-state index contributed by atoms with van der Waals surface area (Å²) in [5, 5.41) is 0.564. The molecule has 0 saturated carbocycles. The highest BCUT2D eigenvalue weighted by Gasteiger charge is 2.12. The minimum absolute atomic E-state index is 0.533. The zero-order valence-corrected chi connectivity index (χ0v) is 11.6. The molecule has 1 aromatic heterocycles. The molecule has 0 amide bonds. The van der Waals surface area contributed by atoms with Crippen molar-refractivity contribution in [2.24, 2.45) is 5.73 Å². The van der Waals surface area contributed by atoms with Gasteiger partial charge in [0.1, 0.15) is 11.3 Å². The van der Waals surface area contributed by atoms with Crippen molar-refractivity contribution in [2.75, 3.05) is 11.4 Å². The first-order chi connectivity index (χ1) is 9.26. The first kappa shape index (κ1) is 13.8. The Morgan fingerprint density at radius 1 is 1.26 bits per heavy atom. The van der Waals surface area contributed by atoms with Gasteiger partial charge in [0.2, 0.25) is 0 Å². The summed E-state index contributed by atoms with van der Waals surface area (Å²) >= 11 is 6.15. The summed E-state index contributed by atoms with van der Waals surface area (Å²) in [4.78, 5) is 10.3. The first-order valence-electron chi connectivity index (χ1n) is 6.23. The van der Waals surface area contributed by atoms with Crippen LogP contribution in [0.4, 0.5) is 5.82 Å². The summed E-state index contributed by atoms with van der Waals surface area (Å²) in [5.41, 5.74) is 8.11. The standard InChI is InChI=1S/C14H17ClN4/c1-2-19(14-13(15)8-17-10-18-14)9-12-6-4-3-5-11(12)7-16/h3-6,8,10H,2,7,9,16H2,1H3. The third-order valence-corrected chi connectivity index (χ3v) is 3.30. The van der Waals surface area contributed by atoms with E-state index in [-0.39, 0.29) is 0 Å². The molecule has 0 unspecified atom stereocenters. The van der Waals surface area contributed by atoms with Crippen LogP contribution in [0, 0.1) is 0 Å². The lowest BCUT2D eigenvalue weighted by molar-refractivity contribution is 0.800. The largest absolute Gasteiger partial charge is 0.351 e. The number of rotatable bonds is 5. The molecule has 0 spiro atoms. The lowest BCUT2D eigenvalue weighted by atomic mass is 10.1. The van der Waals surface area contributed by atoms with Crippen LogP contribution in [0.3, 0.4) is 0 Å². The van der Waals surface area contributed by atoms with Gasteiger partial charge in [0.15, 0.2) is 5.82 Å². The Labute approximate surface area is 118 Å². The van der Waals surface area contributed by atoms with Crippen molar-refractivity contribution in [1.29, 1.82) is 0 Å². The summed E-state index contributed by atoms with van der Waals surface area (Å²) in [6.45, 7) is 4.16. The number of nitrogens with zero attached hydrogens (tertiary/aromatic N) is 3. The average molecular weight is 277 g/mol. The second-order valence-corrected chi connectivity index (χ2v) is 4.59. The number of halogens is 1. The maximum absolute atomic E-state index is 6.15. The second kappa shape index (κ2) is 6.50. The molecule has 0 saturated heterocycles. The van der Waals surface area contributed by atoms with Gasteiger partial charge in [0.05, 0.1) is 6.20 Å². The van der Waals surface area contributed by atoms with Crippen LogP contribution < -0.4 is 10.6 Å². The Morgan fingerprint density at radius 3 is 2.63 bits per heavy atom. The molecular formula is C14H17ClN4. The molecule has 100 valence electrons. The molecule has 2 N–H and O–H groups in total. The second-order valence-electron chi connectivity index (χ2n) is 4.18. The quantitative estimate of drug-likeness (QED) is 0.912. The highest BCUT2D eigenvalue weighted by Crippen LogP contribution is 2.23. The van der Waals surface area contributed by atoms with Gasteiger partial charge in [0, 0.05) is 19.6 Å². The molecule has 2 rings (SSSR count). The molecule has 0 fully saturated rings. The monoisotopic (exact) mass is 276 g/mol. The molecule has 0 aliphatic heterocycles. The Morgan fingerprint density at radius 2 is 2.00 bits per heavy atom. The number of nitrogens with two attached hydrogens (primary N) is 1. The predicted octanol–water partition coefficient (Wildman–Crippen LogP) is 2.62. The summed E-state index contributed by atoms with van der Waals surface area (Å²) in [7, 11) is 0. The summed E-state index contributed by atoms with van der Waals surface area (Å²) in [5.74, 6) is 0.756. The maximum atomic E-state index is 6.15. The fraction of sp³-hybridized carbons (Fsp3) is 0.286. The first-order valence-corrected chi connectivity index (χ1v) is 6.61. The van der Waals surface area contributed by atoms with Crippen molar-refractivity contribution < 1.29 is 0 Å². The van der Waals surface area contributed by atoms with Crippen molar-refractivity contribution in [3.8, 4) is 0 Å². The van der Waals surface area contributed by atoms with Gasteiger partial charge in [0.25, 0.3) is 0 Å². The molecule has 19 heavy (non-hydrogen) atoms. The molecular weight excluding hydrogens is 260 g/mol. The van der Waals surface area contributed by atoms with Crippen molar-refractivity contribution in [2.45, 2.75) is 20.0 Å². The minimum Gasteiger partial charge on any atom is -0.351 e. The Bertz CT molecular complexity index is 544. The number of aromatic nitrogens is 2. The SMILES string of the molecule is CCN(Cc1ccccc1CN)c1ncncc1Cl. The van der Waals surface area contributed by atoms with Crippen LogP contribution in [-0.2, 0) is 13.1 Å². The Kier molecular flexibility index (Phi) is 4.71. The lowest BCUT2D eigenvalue weighted by Gasteiger charge is -2.23. The van der Waals surface area contributed by atoms with E-state index in [9.17, 15) is 0 Å². The van der Waals surface area contributed by atoms with Gasteiger partial charge >= 0.3 is 0 Å². The van der Waals surface area contributed by atoms with Crippen molar-refractivity contribution >= 4 is 17.4 Å². The number of anilines is 1. The predicted molar refractivity (Wildman–Crippen MR) is 78.1 cm³/mol. The number of benzene rings is 1. The van der Waals surface area contributed by atoms with E-state index in [1.165, 1.54) is 11.9 Å². The molecule has 0 radical (unpaired) electrons. The molecule has 2 aromatic rings. The van der Waals surface area contributed by atoms with Crippen LogP contribution in [0.5, 0.6) is 0 Å². The number of hydrogen-bond donors (Lipinski definition) is 1. The van der Waals surface area contributed by atoms with Gasteiger partial charge in [-0.3, -0.25) is 0 Å². The molecule has 0 aliphatic rings. The topological polar surface area (TPSA) is 55.0 Å². The zero-order valence-electron chi connectivity index (χ0n) is 10.9. The van der Waals surface area contributed by atoms with Crippen LogP contribution in [0.2, 0.25) is 5.02 Å². The molecule has 1 heterocycles. The number of hydrogen-bond acceptors (Lipinski definition) is 4. The molecule has 0 atom stereocenters. The van der Waals surface area contributed by atoms with Gasteiger partial charge in [-0.05, 0) is 18.1 Å². The van der Waals surface area contributed by atoms with E-state index in [1.807, 2.05) is 18.2 Å². The van der Waals surface area contributed by atoms with Crippen molar-refractivity contribution in [3.63, 3.8) is 0 Å². The van der Waals surface area contributed by atoms with Gasteiger partial charge < -0.3 is 10.6 Å². The van der Waals surface area contributed by atoms with Gasteiger partial charge in [-0.1, -0.05) is 35.9 Å². The van der Waals surface area contributed by atoms with E-state index in [0.717, 1.165) is 24.5 Å². The smallest absolute Gasteiger partial charge is 0.151 e. The fourth-order valence-electron chi connectivity index (χ4n) is 1.99. The van der Waals surface area contributed by atoms with Crippen molar-refractivity contribution in [3.05, 3.63) is 52.9 Å². The third kappa shape index (κ3) is 3.22. The molecule has 5 heteroatoms. The van der Waals surface area contributed by atoms with E-state index < -0.39 is 0 Å². The molecule has 0 aliphatic carbocycles. The van der Waals surface area contributed by atoms with E-state index in [0.29, 0.717) is 11.6 Å². The van der Waals surface area contributed by atoms with Gasteiger partial charge in [-0.25, -0.2) is 9.97 Å². The average Bonchev–Trinajstić information content (AvgIpc) is 2.46. The van der Waals surface area contributed by atoms with Crippen LogP contribution in [0.25, 0.3) is 0 Å². The maximum Gasteiger partial charge on any atom is 0.151 e. The summed E-state index contributed by atoms with van der Waals surface area (Å²) in [6.07, 6.45) is 3.13. The Hall–Kier alpha value is -1.65. The van der Waals surface area contributed by atoms with E-state index in [1.54, 1.807) is 6.20 Å². The minimum atomic E-state index is 0.533. The van der Waals surface area contributed by atoms with Crippen LogP contribution >= 0.6 is 11.6 Å². The highest BCUT2D eigenvalue weighted by molar-refractivity contribution is 6.32. The lowest BCUT2D eigenvalue weighted by Crippen LogP contribution is -2.24. The molecule has 1 aromatic carbocycles.